The summed E-state index contributed by atoms with van der Waals surface area (Å²) in [7, 11) is 1.93. The largest absolute Gasteiger partial charge is 0.324 e. The van der Waals surface area contributed by atoms with Crippen molar-refractivity contribution >= 4 is 11.9 Å². The molecule has 3 amide bonds. The van der Waals surface area contributed by atoms with Gasteiger partial charge in [0.05, 0.1) is 0 Å². The number of imide groups is 1. The number of rotatable bonds is 4. The highest BCUT2D eigenvalue weighted by Crippen LogP contribution is 2.20. The number of benzene rings is 1. The van der Waals surface area contributed by atoms with E-state index in [2.05, 4.69) is 36.6 Å². The highest BCUT2D eigenvalue weighted by molar-refractivity contribution is 5.96. The summed E-state index contributed by atoms with van der Waals surface area (Å²) in [5.41, 5.74) is 2.18. The van der Waals surface area contributed by atoms with Crippen molar-refractivity contribution in [1.29, 1.82) is 0 Å². The molecule has 1 saturated heterocycles. The van der Waals surface area contributed by atoms with Gasteiger partial charge in [-0.1, -0.05) is 24.3 Å². The summed E-state index contributed by atoms with van der Waals surface area (Å²) in [6, 6.07) is 7.88. The van der Waals surface area contributed by atoms with Crippen molar-refractivity contribution in [1.82, 2.24) is 15.5 Å². The van der Waals surface area contributed by atoms with Gasteiger partial charge in [-0.2, -0.15) is 0 Å². The summed E-state index contributed by atoms with van der Waals surface area (Å²) in [6.45, 7) is 5.24. The van der Waals surface area contributed by atoms with Crippen LogP contribution in [-0.4, -0.2) is 30.4 Å². The summed E-state index contributed by atoms with van der Waals surface area (Å²) >= 11 is 0. The van der Waals surface area contributed by atoms with Gasteiger partial charge < -0.3 is 10.2 Å². The van der Waals surface area contributed by atoms with Gasteiger partial charge in [-0.25, -0.2) is 4.79 Å². The molecule has 0 aromatic heterocycles. The second-order valence-corrected chi connectivity index (χ2v) is 5.60. The topological polar surface area (TPSA) is 61.4 Å². The molecule has 20 heavy (non-hydrogen) atoms. The monoisotopic (exact) mass is 275 g/mol. The predicted octanol–water partition coefficient (Wildman–Crippen LogP) is 1.58. The Morgan fingerprint density at radius 3 is 2.45 bits per heavy atom. The first-order valence-corrected chi connectivity index (χ1v) is 6.79. The quantitative estimate of drug-likeness (QED) is 0.877. The lowest BCUT2D eigenvalue weighted by Gasteiger charge is -2.27. The molecule has 0 aliphatic carbocycles. The van der Waals surface area contributed by atoms with Gasteiger partial charge in [-0.05, 0) is 32.0 Å². The number of nitrogens with zero attached hydrogens (tertiary/aromatic N) is 1. The Bertz CT molecular complexity index is 508. The standard InChI is InChI=1S/C15H21N3O2/c1-15(2,16-3)12-6-4-11(5-7-12)10-18-9-8-13(19)17-14(18)20/h4-7,16H,8-10H2,1-3H3,(H,17,19,20). The number of nitrogens with one attached hydrogen (secondary N) is 2. The molecule has 2 rings (SSSR count). The van der Waals surface area contributed by atoms with E-state index < -0.39 is 0 Å². The molecule has 0 atom stereocenters. The Labute approximate surface area is 119 Å². The molecule has 1 heterocycles. The fourth-order valence-electron chi connectivity index (χ4n) is 2.14. The van der Waals surface area contributed by atoms with Crippen LogP contribution in [0.4, 0.5) is 4.79 Å². The van der Waals surface area contributed by atoms with Crippen LogP contribution < -0.4 is 10.6 Å². The lowest BCUT2D eigenvalue weighted by atomic mass is 9.94. The minimum Gasteiger partial charge on any atom is -0.320 e. The summed E-state index contributed by atoms with van der Waals surface area (Å²) < 4.78 is 0. The molecular weight excluding hydrogens is 254 g/mol. The third-order valence-corrected chi connectivity index (χ3v) is 3.82. The van der Waals surface area contributed by atoms with E-state index in [1.165, 1.54) is 5.56 Å². The van der Waals surface area contributed by atoms with E-state index in [4.69, 9.17) is 0 Å². The van der Waals surface area contributed by atoms with Crippen molar-refractivity contribution < 1.29 is 9.59 Å². The third kappa shape index (κ3) is 3.17. The van der Waals surface area contributed by atoms with Crippen molar-refractivity contribution in [2.45, 2.75) is 32.4 Å². The first-order valence-electron chi connectivity index (χ1n) is 6.79. The van der Waals surface area contributed by atoms with Gasteiger partial charge in [-0.3, -0.25) is 10.1 Å². The van der Waals surface area contributed by atoms with Gasteiger partial charge >= 0.3 is 6.03 Å². The van der Waals surface area contributed by atoms with Crippen molar-refractivity contribution in [2.75, 3.05) is 13.6 Å². The summed E-state index contributed by atoms with van der Waals surface area (Å²) in [5.74, 6) is -0.197. The average Bonchev–Trinajstić information content (AvgIpc) is 2.42. The Morgan fingerprint density at radius 2 is 1.90 bits per heavy atom. The fourth-order valence-corrected chi connectivity index (χ4v) is 2.14. The number of urea groups is 1. The van der Waals surface area contributed by atoms with Gasteiger partial charge in [0, 0.05) is 25.0 Å². The number of hydrogen-bond acceptors (Lipinski definition) is 3. The molecule has 0 saturated carbocycles. The maximum Gasteiger partial charge on any atom is 0.324 e. The van der Waals surface area contributed by atoms with Crippen molar-refractivity contribution in [3.63, 3.8) is 0 Å². The van der Waals surface area contributed by atoms with Gasteiger partial charge in [0.1, 0.15) is 0 Å². The normalized spacial score (nSPS) is 16.2. The van der Waals surface area contributed by atoms with E-state index in [-0.39, 0.29) is 17.5 Å². The maximum absolute atomic E-state index is 11.7. The summed E-state index contributed by atoms with van der Waals surface area (Å²) in [5, 5.41) is 5.59. The number of hydrogen-bond donors (Lipinski definition) is 2. The molecule has 0 unspecified atom stereocenters. The zero-order valence-electron chi connectivity index (χ0n) is 12.2. The second kappa shape index (κ2) is 5.63. The minimum absolute atomic E-state index is 0.0759. The molecule has 5 nitrogen and oxygen atoms in total. The molecule has 5 heteroatoms. The molecule has 0 radical (unpaired) electrons. The molecule has 1 fully saturated rings. The zero-order valence-corrected chi connectivity index (χ0v) is 12.2. The van der Waals surface area contributed by atoms with Crippen LogP contribution in [-0.2, 0) is 16.9 Å². The lowest BCUT2D eigenvalue weighted by Crippen LogP contribution is -2.48. The van der Waals surface area contributed by atoms with Crippen LogP contribution in [0.5, 0.6) is 0 Å². The number of amides is 3. The van der Waals surface area contributed by atoms with Crippen LogP contribution in [0, 0.1) is 0 Å². The second-order valence-electron chi connectivity index (χ2n) is 5.60. The molecule has 1 aromatic rings. The van der Waals surface area contributed by atoms with E-state index in [1.807, 2.05) is 19.2 Å². The first-order chi connectivity index (χ1) is 9.42. The van der Waals surface area contributed by atoms with Gasteiger partial charge in [-0.15, -0.1) is 0 Å². The summed E-state index contributed by atoms with van der Waals surface area (Å²) in [6.07, 6.45) is 0.372. The lowest BCUT2D eigenvalue weighted by molar-refractivity contribution is -0.121. The molecule has 1 aliphatic rings. The van der Waals surface area contributed by atoms with Crippen molar-refractivity contribution in [3.05, 3.63) is 35.4 Å². The van der Waals surface area contributed by atoms with E-state index in [0.717, 1.165) is 5.56 Å². The average molecular weight is 275 g/mol. The predicted molar refractivity (Wildman–Crippen MR) is 77.1 cm³/mol. The smallest absolute Gasteiger partial charge is 0.320 e. The van der Waals surface area contributed by atoms with Crippen LogP contribution in [0.2, 0.25) is 0 Å². The van der Waals surface area contributed by atoms with Crippen LogP contribution in [0.25, 0.3) is 0 Å². The molecular formula is C15H21N3O2. The zero-order chi connectivity index (χ0) is 14.8. The fraction of sp³-hybridized carbons (Fsp3) is 0.467. The van der Waals surface area contributed by atoms with Crippen LogP contribution in [0.3, 0.4) is 0 Å². The van der Waals surface area contributed by atoms with E-state index in [1.54, 1.807) is 4.90 Å². The van der Waals surface area contributed by atoms with Crippen LogP contribution in [0.1, 0.15) is 31.4 Å². The Hall–Kier alpha value is -1.88. The van der Waals surface area contributed by atoms with Crippen LogP contribution in [0.15, 0.2) is 24.3 Å². The highest BCUT2D eigenvalue weighted by Gasteiger charge is 2.23. The Kier molecular flexibility index (Phi) is 4.09. The van der Waals surface area contributed by atoms with Crippen LogP contribution >= 0.6 is 0 Å². The maximum atomic E-state index is 11.7. The summed E-state index contributed by atoms with van der Waals surface area (Å²) in [4.78, 5) is 24.4. The molecule has 108 valence electrons. The molecule has 1 aliphatic heterocycles. The van der Waals surface area contributed by atoms with E-state index in [0.29, 0.717) is 19.5 Å². The van der Waals surface area contributed by atoms with Gasteiger partial charge in [0.15, 0.2) is 0 Å². The number of carbonyl (C=O) groups is 2. The van der Waals surface area contributed by atoms with Gasteiger partial charge in [0.2, 0.25) is 5.91 Å². The SMILES string of the molecule is CNC(C)(C)c1ccc(CN2CCC(=O)NC2=O)cc1. The Balaban J connectivity index is 2.04. The molecule has 1 aromatic carbocycles. The minimum atomic E-state index is -0.305. The Morgan fingerprint density at radius 1 is 1.25 bits per heavy atom. The van der Waals surface area contributed by atoms with Gasteiger partial charge in [0.25, 0.3) is 0 Å². The number of carbonyl (C=O) groups excluding carboxylic acids is 2. The van der Waals surface area contributed by atoms with E-state index >= 15 is 0 Å². The first kappa shape index (κ1) is 14.5. The molecule has 2 N–H and O–H groups in total. The third-order valence-electron chi connectivity index (χ3n) is 3.82. The van der Waals surface area contributed by atoms with Crippen molar-refractivity contribution in [2.24, 2.45) is 0 Å². The highest BCUT2D eigenvalue weighted by atomic mass is 16.2. The van der Waals surface area contributed by atoms with Crippen molar-refractivity contribution in [3.8, 4) is 0 Å². The molecule has 0 bridgehead atoms. The van der Waals surface area contributed by atoms with E-state index in [9.17, 15) is 9.59 Å². The molecule has 0 spiro atoms.